The van der Waals surface area contributed by atoms with Gasteiger partial charge < -0.3 is 20.2 Å². The molecule has 0 atom stereocenters. The lowest BCUT2D eigenvalue weighted by Crippen LogP contribution is -2.40. The van der Waals surface area contributed by atoms with Crippen LogP contribution in [0, 0.1) is 12.8 Å². The van der Waals surface area contributed by atoms with E-state index >= 15 is 0 Å². The van der Waals surface area contributed by atoms with Gasteiger partial charge in [0.25, 0.3) is 0 Å². The van der Waals surface area contributed by atoms with E-state index in [9.17, 15) is 4.79 Å². The summed E-state index contributed by atoms with van der Waals surface area (Å²) in [5, 5.41) is 15.0. The molecule has 6 heteroatoms. The van der Waals surface area contributed by atoms with Crippen LogP contribution in [0.3, 0.4) is 0 Å². The highest BCUT2D eigenvalue weighted by molar-refractivity contribution is 5.90. The summed E-state index contributed by atoms with van der Waals surface area (Å²) in [6, 6.07) is 7.39. The Kier molecular flexibility index (Phi) is 5.15. The predicted octanol–water partition coefficient (Wildman–Crippen LogP) is 3.32. The highest BCUT2D eigenvalue weighted by atomic mass is 16.4. The van der Waals surface area contributed by atoms with Crippen molar-refractivity contribution in [1.29, 1.82) is 0 Å². The largest absolute Gasteiger partial charge is 0.441 e. The first-order valence-electron chi connectivity index (χ1n) is 8.35. The number of hydrogen-bond donors (Lipinski definition) is 3. The van der Waals surface area contributed by atoms with Crippen LogP contribution in [-0.2, 0) is 0 Å². The molecular weight excluding hydrogens is 306 g/mol. The van der Waals surface area contributed by atoms with Gasteiger partial charge in [0.2, 0.25) is 5.89 Å². The number of amides is 2. The van der Waals surface area contributed by atoms with Gasteiger partial charge in [-0.3, -0.25) is 0 Å². The molecule has 1 aliphatic carbocycles. The first-order valence-corrected chi connectivity index (χ1v) is 8.35. The zero-order chi connectivity index (χ0) is 16.9. The van der Waals surface area contributed by atoms with E-state index in [0.29, 0.717) is 17.5 Å². The zero-order valence-corrected chi connectivity index (χ0v) is 13.8. The van der Waals surface area contributed by atoms with Crippen LogP contribution in [-0.4, -0.2) is 28.8 Å². The van der Waals surface area contributed by atoms with E-state index in [0.717, 1.165) is 37.0 Å². The average Bonchev–Trinajstić information content (AvgIpc) is 3.02. The number of benzene rings is 1. The first kappa shape index (κ1) is 16.5. The van der Waals surface area contributed by atoms with Gasteiger partial charge in [0.15, 0.2) is 0 Å². The molecule has 128 valence electrons. The Labute approximate surface area is 141 Å². The lowest BCUT2D eigenvalue weighted by molar-refractivity contribution is 0.176. The number of aromatic nitrogens is 1. The van der Waals surface area contributed by atoms with Gasteiger partial charge in [-0.1, -0.05) is 6.07 Å². The Morgan fingerprint density at radius 2 is 2.12 bits per heavy atom. The first-order chi connectivity index (χ1) is 11.6. The SMILES string of the molecule is Cc1cnc(-c2cccc(NC(=O)NC3CCC(CO)CC3)c2)o1. The van der Waals surface area contributed by atoms with Crippen molar-refractivity contribution in [1.82, 2.24) is 10.3 Å². The minimum absolute atomic E-state index is 0.172. The van der Waals surface area contributed by atoms with Gasteiger partial charge in [-0.05, 0) is 56.7 Å². The summed E-state index contributed by atoms with van der Waals surface area (Å²) in [5.74, 6) is 1.67. The van der Waals surface area contributed by atoms with Crippen LogP contribution in [0.15, 0.2) is 34.9 Å². The smallest absolute Gasteiger partial charge is 0.319 e. The molecule has 3 rings (SSSR count). The van der Waals surface area contributed by atoms with Crippen molar-refractivity contribution in [2.45, 2.75) is 38.6 Å². The second kappa shape index (κ2) is 7.49. The molecule has 6 nitrogen and oxygen atoms in total. The van der Waals surface area contributed by atoms with E-state index in [-0.39, 0.29) is 18.7 Å². The molecule has 1 heterocycles. The number of nitrogens with zero attached hydrogens (tertiary/aromatic N) is 1. The molecule has 24 heavy (non-hydrogen) atoms. The third-order valence-corrected chi connectivity index (χ3v) is 4.43. The quantitative estimate of drug-likeness (QED) is 0.803. The summed E-state index contributed by atoms with van der Waals surface area (Å²) >= 11 is 0. The van der Waals surface area contributed by atoms with Gasteiger partial charge in [0, 0.05) is 23.9 Å². The van der Waals surface area contributed by atoms with E-state index in [1.54, 1.807) is 6.20 Å². The lowest BCUT2D eigenvalue weighted by Gasteiger charge is -2.27. The summed E-state index contributed by atoms with van der Waals surface area (Å²) in [6.45, 7) is 2.09. The molecule has 0 aliphatic heterocycles. The molecule has 1 fully saturated rings. The third-order valence-electron chi connectivity index (χ3n) is 4.43. The maximum atomic E-state index is 12.2. The number of nitrogens with one attached hydrogen (secondary N) is 2. The third kappa shape index (κ3) is 4.14. The Morgan fingerprint density at radius 3 is 2.79 bits per heavy atom. The molecule has 0 spiro atoms. The fourth-order valence-corrected chi connectivity index (χ4v) is 3.06. The van der Waals surface area contributed by atoms with Crippen molar-refractivity contribution in [3.05, 3.63) is 36.2 Å². The fourth-order valence-electron chi connectivity index (χ4n) is 3.06. The predicted molar refractivity (Wildman–Crippen MR) is 91.7 cm³/mol. The number of anilines is 1. The number of hydrogen-bond acceptors (Lipinski definition) is 4. The van der Waals surface area contributed by atoms with Gasteiger partial charge in [0.1, 0.15) is 5.76 Å². The second-order valence-corrected chi connectivity index (χ2v) is 6.36. The van der Waals surface area contributed by atoms with E-state index in [1.165, 1.54) is 0 Å². The summed E-state index contributed by atoms with van der Waals surface area (Å²) in [7, 11) is 0. The molecule has 1 aromatic carbocycles. The highest BCUT2D eigenvalue weighted by Gasteiger charge is 2.21. The Balaban J connectivity index is 1.57. The van der Waals surface area contributed by atoms with Crippen molar-refractivity contribution in [2.24, 2.45) is 5.92 Å². The summed E-state index contributed by atoms with van der Waals surface area (Å²) < 4.78 is 5.51. The summed E-state index contributed by atoms with van der Waals surface area (Å²) in [4.78, 5) is 16.4. The molecule has 0 bridgehead atoms. The van der Waals surface area contributed by atoms with E-state index in [2.05, 4.69) is 15.6 Å². The van der Waals surface area contributed by atoms with E-state index < -0.39 is 0 Å². The fraction of sp³-hybridized carbons (Fsp3) is 0.444. The Bertz CT molecular complexity index is 690. The molecule has 3 N–H and O–H groups in total. The van der Waals surface area contributed by atoms with Crippen molar-refractivity contribution in [3.63, 3.8) is 0 Å². The standard InChI is InChI=1S/C18H23N3O3/c1-12-10-19-17(24-12)14-3-2-4-16(9-14)21-18(23)20-15-7-5-13(11-22)6-8-15/h2-4,9-10,13,15,22H,5-8,11H2,1H3,(H2,20,21,23). The van der Waals surface area contributed by atoms with Crippen molar-refractivity contribution in [3.8, 4) is 11.5 Å². The van der Waals surface area contributed by atoms with Crippen LogP contribution in [0.25, 0.3) is 11.5 Å². The van der Waals surface area contributed by atoms with E-state index in [4.69, 9.17) is 9.52 Å². The minimum Gasteiger partial charge on any atom is -0.441 e. The van der Waals surface area contributed by atoms with Crippen molar-refractivity contribution in [2.75, 3.05) is 11.9 Å². The van der Waals surface area contributed by atoms with Crippen LogP contribution in [0.5, 0.6) is 0 Å². The monoisotopic (exact) mass is 329 g/mol. The maximum absolute atomic E-state index is 12.2. The van der Waals surface area contributed by atoms with Gasteiger partial charge in [-0.15, -0.1) is 0 Å². The van der Waals surface area contributed by atoms with Crippen molar-refractivity contribution < 1.29 is 14.3 Å². The number of aliphatic hydroxyl groups is 1. The molecule has 1 aliphatic rings. The number of oxazole rings is 1. The molecule has 2 amide bonds. The lowest BCUT2D eigenvalue weighted by atomic mass is 9.87. The number of carbonyl (C=O) groups excluding carboxylic acids is 1. The normalized spacial score (nSPS) is 20.6. The van der Waals surface area contributed by atoms with E-state index in [1.807, 2.05) is 31.2 Å². The number of rotatable bonds is 4. The molecule has 2 aromatic rings. The molecular formula is C18H23N3O3. The van der Waals surface area contributed by atoms with Gasteiger partial charge in [-0.2, -0.15) is 0 Å². The van der Waals surface area contributed by atoms with Crippen molar-refractivity contribution >= 4 is 11.7 Å². The number of urea groups is 1. The summed E-state index contributed by atoms with van der Waals surface area (Å²) in [5.41, 5.74) is 1.52. The topological polar surface area (TPSA) is 87.4 Å². The Morgan fingerprint density at radius 1 is 1.33 bits per heavy atom. The highest BCUT2D eigenvalue weighted by Crippen LogP contribution is 2.24. The van der Waals surface area contributed by atoms with Crippen LogP contribution in [0.2, 0.25) is 0 Å². The second-order valence-electron chi connectivity index (χ2n) is 6.36. The van der Waals surface area contributed by atoms with Crippen LogP contribution < -0.4 is 10.6 Å². The molecule has 1 aromatic heterocycles. The zero-order valence-electron chi connectivity index (χ0n) is 13.8. The Hall–Kier alpha value is -2.34. The van der Waals surface area contributed by atoms with Crippen LogP contribution in [0.1, 0.15) is 31.4 Å². The van der Waals surface area contributed by atoms with Gasteiger partial charge in [-0.25, -0.2) is 9.78 Å². The maximum Gasteiger partial charge on any atom is 0.319 e. The molecule has 1 saturated carbocycles. The molecule has 0 radical (unpaired) electrons. The molecule has 0 saturated heterocycles. The average molecular weight is 329 g/mol. The van der Waals surface area contributed by atoms with Gasteiger partial charge >= 0.3 is 6.03 Å². The number of aliphatic hydroxyl groups excluding tert-OH is 1. The number of carbonyl (C=O) groups is 1. The number of aryl methyl sites for hydroxylation is 1. The van der Waals surface area contributed by atoms with Crippen LogP contribution in [0.4, 0.5) is 10.5 Å². The van der Waals surface area contributed by atoms with Crippen LogP contribution >= 0.6 is 0 Å². The van der Waals surface area contributed by atoms with Gasteiger partial charge in [0.05, 0.1) is 6.20 Å². The summed E-state index contributed by atoms with van der Waals surface area (Å²) in [6.07, 6.45) is 5.41. The molecule has 0 unspecified atom stereocenters. The minimum atomic E-state index is -0.205.